The molecule has 18 heavy (non-hydrogen) atoms. The summed E-state index contributed by atoms with van der Waals surface area (Å²) in [5.74, 6) is -0.851. The Morgan fingerprint density at radius 2 is 2.17 bits per heavy atom. The van der Waals surface area contributed by atoms with Crippen LogP contribution in [0.5, 0.6) is 0 Å². The van der Waals surface area contributed by atoms with Crippen molar-refractivity contribution in [3.8, 4) is 0 Å². The first-order chi connectivity index (χ1) is 8.56. The highest BCUT2D eigenvalue weighted by Crippen LogP contribution is 2.27. The van der Waals surface area contributed by atoms with Crippen LogP contribution >= 0.6 is 11.6 Å². The summed E-state index contributed by atoms with van der Waals surface area (Å²) in [7, 11) is 0. The Balaban J connectivity index is 2.77. The standard InChI is InChI=1S/C11H12ClFN2O3/c12-7-2-1-6-10(16)14-11-8(13)4-3-5-9(11)15(17)18/h3-5H,1-2,6-7H2,(H,14,16). The molecule has 0 aliphatic heterocycles. The number of halogens is 2. The van der Waals surface area contributed by atoms with Crippen molar-refractivity contribution in [1.29, 1.82) is 0 Å². The van der Waals surface area contributed by atoms with Crippen molar-refractivity contribution in [2.75, 3.05) is 11.2 Å². The number of rotatable bonds is 6. The van der Waals surface area contributed by atoms with Crippen LogP contribution in [0.1, 0.15) is 19.3 Å². The fraction of sp³-hybridized carbons (Fsp3) is 0.364. The monoisotopic (exact) mass is 274 g/mol. The molecule has 1 amide bonds. The summed E-state index contributed by atoms with van der Waals surface area (Å²) in [6.45, 7) is 0. The van der Waals surface area contributed by atoms with Gasteiger partial charge in [0.05, 0.1) is 4.92 Å². The first-order valence-electron chi connectivity index (χ1n) is 5.35. The molecule has 1 N–H and O–H groups in total. The summed E-state index contributed by atoms with van der Waals surface area (Å²) in [6.07, 6.45) is 1.37. The molecule has 0 heterocycles. The van der Waals surface area contributed by atoms with Gasteiger partial charge in [-0.2, -0.15) is 0 Å². The Hall–Kier alpha value is -1.69. The van der Waals surface area contributed by atoms with Crippen LogP contribution in [0.3, 0.4) is 0 Å². The summed E-state index contributed by atoms with van der Waals surface area (Å²) in [6, 6.07) is 3.41. The molecule has 0 atom stereocenters. The number of unbranched alkanes of at least 4 members (excludes halogenated alkanes) is 1. The zero-order valence-corrected chi connectivity index (χ0v) is 10.2. The van der Waals surface area contributed by atoms with Crippen molar-refractivity contribution in [3.05, 3.63) is 34.1 Å². The molecule has 0 spiro atoms. The third-order valence-electron chi connectivity index (χ3n) is 2.24. The maximum atomic E-state index is 13.4. The predicted octanol–water partition coefficient (Wildman–Crippen LogP) is 3.08. The van der Waals surface area contributed by atoms with Gasteiger partial charge in [-0.15, -0.1) is 11.6 Å². The zero-order chi connectivity index (χ0) is 13.5. The maximum absolute atomic E-state index is 13.4. The van der Waals surface area contributed by atoms with Gasteiger partial charge in [0.2, 0.25) is 5.91 Å². The Labute approximate surface area is 108 Å². The molecule has 0 aliphatic rings. The van der Waals surface area contributed by atoms with Crippen LogP contribution < -0.4 is 5.32 Å². The van der Waals surface area contributed by atoms with Crippen molar-refractivity contribution in [1.82, 2.24) is 0 Å². The number of nitro groups is 1. The summed E-state index contributed by atoms with van der Waals surface area (Å²) < 4.78 is 13.4. The van der Waals surface area contributed by atoms with Crippen molar-refractivity contribution in [3.63, 3.8) is 0 Å². The van der Waals surface area contributed by atoms with E-state index in [0.29, 0.717) is 18.7 Å². The molecule has 1 aromatic rings. The number of carbonyl (C=O) groups is 1. The highest BCUT2D eigenvalue weighted by molar-refractivity contribution is 6.17. The highest BCUT2D eigenvalue weighted by Gasteiger charge is 2.19. The SMILES string of the molecule is O=C(CCCCCl)Nc1c(F)cccc1[N+](=O)[O-]. The summed E-state index contributed by atoms with van der Waals surface area (Å²) in [5, 5.41) is 12.9. The van der Waals surface area contributed by atoms with E-state index in [9.17, 15) is 19.3 Å². The second-order valence-electron chi connectivity index (χ2n) is 3.59. The normalized spacial score (nSPS) is 10.1. The van der Waals surface area contributed by atoms with Gasteiger partial charge in [-0.1, -0.05) is 6.07 Å². The van der Waals surface area contributed by atoms with E-state index in [-0.39, 0.29) is 6.42 Å². The summed E-state index contributed by atoms with van der Waals surface area (Å²) >= 11 is 5.46. The van der Waals surface area contributed by atoms with Gasteiger partial charge in [-0.3, -0.25) is 14.9 Å². The first kappa shape index (κ1) is 14.4. The van der Waals surface area contributed by atoms with Crippen molar-refractivity contribution >= 4 is 28.9 Å². The minimum Gasteiger partial charge on any atom is -0.318 e. The van der Waals surface area contributed by atoms with Crippen LogP contribution in [0.15, 0.2) is 18.2 Å². The molecule has 0 fully saturated rings. The lowest BCUT2D eigenvalue weighted by molar-refractivity contribution is -0.384. The van der Waals surface area contributed by atoms with Gasteiger partial charge < -0.3 is 5.32 Å². The van der Waals surface area contributed by atoms with Crippen LogP contribution in [-0.2, 0) is 4.79 Å². The van der Waals surface area contributed by atoms with E-state index in [1.165, 1.54) is 6.07 Å². The number of nitrogens with zero attached hydrogens (tertiary/aromatic N) is 1. The second kappa shape index (κ2) is 6.90. The third kappa shape index (κ3) is 3.96. The molecule has 0 aromatic heterocycles. The molecule has 0 bridgehead atoms. The van der Waals surface area contributed by atoms with Crippen LogP contribution in [-0.4, -0.2) is 16.7 Å². The van der Waals surface area contributed by atoms with Crippen LogP contribution in [0, 0.1) is 15.9 Å². The van der Waals surface area contributed by atoms with Gasteiger partial charge in [0, 0.05) is 18.4 Å². The molecule has 0 unspecified atom stereocenters. The molecule has 98 valence electrons. The number of para-hydroxylation sites is 1. The number of hydrogen-bond acceptors (Lipinski definition) is 3. The first-order valence-corrected chi connectivity index (χ1v) is 5.88. The van der Waals surface area contributed by atoms with Crippen molar-refractivity contribution < 1.29 is 14.1 Å². The number of carbonyl (C=O) groups excluding carboxylic acids is 1. The van der Waals surface area contributed by atoms with Gasteiger partial charge in [0.15, 0.2) is 11.5 Å². The van der Waals surface area contributed by atoms with E-state index in [1.54, 1.807) is 0 Å². The van der Waals surface area contributed by atoms with Crippen molar-refractivity contribution in [2.45, 2.75) is 19.3 Å². The molecule has 1 rings (SSSR count). The molecule has 0 radical (unpaired) electrons. The Morgan fingerprint density at radius 3 is 2.78 bits per heavy atom. The lowest BCUT2D eigenvalue weighted by Crippen LogP contribution is -2.13. The van der Waals surface area contributed by atoms with Gasteiger partial charge in [0.1, 0.15) is 0 Å². The third-order valence-corrected chi connectivity index (χ3v) is 2.51. The van der Waals surface area contributed by atoms with Gasteiger partial charge in [-0.05, 0) is 18.9 Å². The topological polar surface area (TPSA) is 72.2 Å². The minimum atomic E-state index is -0.824. The molecule has 0 aliphatic carbocycles. The highest BCUT2D eigenvalue weighted by atomic mass is 35.5. The molecule has 7 heteroatoms. The zero-order valence-electron chi connectivity index (χ0n) is 9.49. The number of anilines is 1. The van der Waals surface area contributed by atoms with E-state index in [2.05, 4.69) is 5.32 Å². The van der Waals surface area contributed by atoms with Crippen LogP contribution in [0.2, 0.25) is 0 Å². The van der Waals surface area contributed by atoms with Gasteiger partial charge in [0.25, 0.3) is 5.69 Å². The fourth-order valence-corrected chi connectivity index (χ4v) is 1.56. The maximum Gasteiger partial charge on any atom is 0.295 e. The Morgan fingerprint density at radius 1 is 1.44 bits per heavy atom. The van der Waals surface area contributed by atoms with E-state index < -0.39 is 28.0 Å². The fourth-order valence-electron chi connectivity index (χ4n) is 1.37. The molecule has 0 saturated carbocycles. The van der Waals surface area contributed by atoms with E-state index in [4.69, 9.17) is 11.6 Å². The number of nitro benzene ring substituents is 1. The minimum absolute atomic E-state index is 0.151. The Bertz CT molecular complexity index is 454. The van der Waals surface area contributed by atoms with Crippen LogP contribution in [0.4, 0.5) is 15.8 Å². The molecular weight excluding hydrogens is 263 g/mol. The van der Waals surface area contributed by atoms with Gasteiger partial charge >= 0.3 is 0 Å². The lowest BCUT2D eigenvalue weighted by atomic mass is 10.2. The summed E-state index contributed by atoms with van der Waals surface area (Å²) in [4.78, 5) is 21.4. The van der Waals surface area contributed by atoms with Gasteiger partial charge in [-0.25, -0.2) is 4.39 Å². The van der Waals surface area contributed by atoms with Crippen molar-refractivity contribution in [2.24, 2.45) is 0 Å². The molecule has 1 aromatic carbocycles. The number of amides is 1. The number of benzene rings is 1. The average molecular weight is 275 g/mol. The van der Waals surface area contributed by atoms with E-state index in [0.717, 1.165) is 12.1 Å². The average Bonchev–Trinajstić information content (AvgIpc) is 2.31. The smallest absolute Gasteiger partial charge is 0.295 e. The Kier molecular flexibility index (Phi) is 5.51. The predicted molar refractivity (Wildman–Crippen MR) is 66.3 cm³/mol. The molecule has 0 saturated heterocycles. The van der Waals surface area contributed by atoms with Crippen LogP contribution in [0.25, 0.3) is 0 Å². The van der Waals surface area contributed by atoms with E-state index >= 15 is 0 Å². The number of nitrogens with one attached hydrogen (secondary N) is 1. The largest absolute Gasteiger partial charge is 0.318 e. The van der Waals surface area contributed by atoms with E-state index in [1.807, 2.05) is 0 Å². The summed E-state index contributed by atoms with van der Waals surface area (Å²) in [5.41, 5.74) is -0.848. The molecular formula is C11H12ClFN2O3. The number of hydrogen-bond donors (Lipinski definition) is 1. The quantitative estimate of drug-likeness (QED) is 0.375. The second-order valence-corrected chi connectivity index (χ2v) is 3.96. The lowest BCUT2D eigenvalue weighted by Gasteiger charge is -2.06. The number of alkyl halides is 1. The molecule has 5 nitrogen and oxygen atoms in total.